The quantitative estimate of drug-likeness (QED) is 0.517. The minimum atomic E-state index is 0.135. The van der Waals surface area contributed by atoms with Gasteiger partial charge in [0.05, 0.1) is 31.6 Å². The SMILES string of the molecule is COCC(C)n1c(C)cc(C(=O)CSc2ccc3c(c2)OCCCO3)c1C. The molecule has 0 radical (unpaired) electrons. The number of aromatic nitrogens is 1. The molecule has 0 amide bonds. The van der Waals surface area contributed by atoms with Crippen molar-refractivity contribution in [3.63, 3.8) is 0 Å². The third kappa shape index (κ3) is 4.50. The van der Waals surface area contributed by atoms with Crippen molar-refractivity contribution in [1.29, 1.82) is 0 Å². The Morgan fingerprint density at radius 2 is 1.96 bits per heavy atom. The summed E-state index contributed by atoms with van der Waals surface area (Å²) in [7, 11) is 1.70. The lowest BCUT2D eigenvalue weighted by atomic mass is 10.2. The molecule has 2 heterocycles. The van der Waals surface area contributed by atoms with Gasteiger partial charge in [0.2, 0.25) is 0 Å². The first-order chi connectivity index (χ1) is 13.0. The number of fused-ring (bicyclic) bond motifs is 1. The van der Waals surface area contributed by atoms with Crippen LogP contribution in [0.4, 0.5) is 0 Å². The van der Waals surface area contributed by atoms with Crippen molar-refractivity contribution < 1.29 is 19.0 Å². The summed E-state index contributed by atoms with van der Waals surface area (Å²) in [5.74, 6) is 2.06. The number of nitrogens with zero attached hydrogens (tertiary/aromatic N) is 1. The molecule has 0 bridgehead atoms. The van der Waals surface area contributed by atoms with Crippen LogP contribution in [0.25, 0.3) is 0 Å². The number of methoxy groups -OCH3 is 1. The van der Waals surface area contributed by atoms with Gasteiger partial charge in [0, 0.05) is 35.4 Å². The van der Waals surface area contributed by atoms with Gasteiger partial charge in [-0.1, -0.05) is 0 Å². The first kappa shape index (κ1) is 19.8. The van der Waals surface area contributed by atoms with Crippen molar-refractivity contribution in [1.82, 2.24) is 4.57 Å². The van der Waals surface area contributed by atoms with E-state index < -0.39 is 0 Å². The van der Waals surface area contributed by atoms with Crippen LogP contribution < -0.4 is 9.47 Å². The molecule has 1 aliphatic heterocycles. The molecule has 0 fully saturated rings. The van der Waals surface area contributed by atoms with Crippen molar-refractivity contribution >= 4 is 17.5 Å². The number of benzene rings is 1. The molecule has 3 rings (SSSR count). The topological polar surface area (TPSA) is 49.7 Å². The maximum absolute atomic E-state index is 12.8. The molecule has 2 aromatic rings. The standard InChI is InChI=1S/C21H27NO4S/c1-14-10-18(16(3)22(14)15(2)12-24-4)19(23)13-27-17-6-7-20-21(11-17)26-9-5-8-25-20/h6-7,10-11,15H,5,8-9,12-13H2,1-4H3. The summed E-state index contributed by atoms with van der Waals surface area (Å²) in [6.45, 7) is 8.10. The molecule has 0 saturated carbocycles. The maximum Gasteiger partial charge on any atom is 0.174 e. The Kier molecular flexibility index (Phi) is 6.50. The van der Waals surface area contributed by atoms with Crippen LogP contribution in [0.5, 0.6) is 11.5 Å². The number of carbonyl (C=O) groups is 1. The van der Waals surface area contributed by atoms with E-state index in [1.54, 1.807) is 7.11 Å². The minimum Gasteiger partial charge on any atom is -0.490 e. The zero-order valence-corrected chi connectivity index (χ0v) is 17.2. The lowest BCUT2D eigenvalue weighted by Gasteiger charge is -2.17. The highest BCUT2D eigenvalue weighted by atomic mass is 32.2. The molecule has 1 aromatic carbocycles. The van der Waals surface area contributed by atoms with Gasteiger partial charge < -0.3 is 18.8 Å². The van der Waals surface area contributed by atoms with Crippen LogP contribution >= 0.6 is 11.8 Å². The summed E-state index contributed by atoms with van der Waals surface area (Å²) >= 11 is 1.53. The number of Topliss-reactive ketones (excluding diaryl/α,β-unsaturated/α-hetero) is 1. The van der Waals surface area contributed by atoms with Gasteiger partial charge in [-0.3, -0.25) is 4.79 Å². The molecule has 146 valence electrons. The zero-order chi connectivity index (χ0) is 19.4. The van der Waals surface area contributed by atoms with Gasteiger partial charge in [-0.05, 0) is 45.0 Å². The van der Waals surface area contributed by atoms with E-state index in [0.717, 1.165) is 39.8 Å². The van der Waals surface area contributed by atoms with Gasteiger partial charge in [0.25, 0.3) is 0 Å². The number of ether oxygens (including phenoxy) is 3. The molecule has 0 aliphatic carbocycles. The first-order valence-corrected chi connectivity index (χ1v) is 10.2. The Hall–Kier alpha value is -1.92. The van der Waals surface area contributed by atoms with Crippen molar-refractivity contribution in [3.05, 3.63) is 41.2 Å². The second-order valence-corrected chi connectivity index (χ2v) is 7.88. The predicted octanol–water partition coefficient (Wildman–Crippen LogP) is 4.45. The lowest BCUT2D eigenvalue weighted by molar-refractivity contribution is 0.102. The van der Waals surface area contributed by atoms with Crippen LogP contribution in [0, 0.1) is 13.8 Å². The van der Waals surface area contributed by atoms with E-state index in [9.17, 15) is 4.79 Å². The molecular weight excluding hydrogens is 362 g/mol. The Morgan fingerprint density at radius 3 is 2.70 bits per heavy atom. The molecule has 1 unspecified atom stereocenters. The molecule has 0 saturated heterocycles. The van der Waals surface area contributed by atoms with Gasteiger partial charge >= 0.3 is 0 Å². The number of hydrogen-bond donors (Lipinski definition) is 0. The number of thioether (sulfide) groups is 1. The third-order valence-corrected chi connectivity index (χ3v) is 5.72. The fraction of sp³-hybridized carbons (Fsp3) is 0.476. The first-order valence-electron chi connectivity index (χ1n) is 9.24. The number of rotatable bonds is 7. The zero-order valence-electron chi connectivity index (χ0n) is 16.4. The third-order valence-electron chi connectivity index (χ3n) is 4.72. The highest BCUT2D eigenvalue weighted by molar-refractivity contribution is 8.00. The largest absolute Gasteiger partial charge is 0.490 e. The van der Waals surface area contributed by atoms with Gasteiger partial charge in [-0.2, -0.15) is 0 Å². The summed E-state index contributed by atoms with van der Waals surface area (Å²) in [5, 5.41) is 0. The van der Waals surface area contributed by atoms with Crippen LogP contribution in [-0.2, 0) is 4.74 Å². The van der Waals surface area contributed by atoms with Gasteiger partial charge in [-0.25, -0.2) is 0 Å². The van der Waals surface area contributed by atoms with E-state index in [2.05, 4.69) is 11.5 Å². The van der Waals surface area contributed by atoms with E-state index in [4.69, 9.17) is 14.2 Å². The molecule has 1 aliphatic rings. The number of ketones is 1. The van der Waals surface area contributed by atoms with Crippen LogP contribution in [-0.4, -0.2) is 43.0 Å². The van der Waals surface area contributed by atoms with Crippen molar-refractivity contribution in [2.45, 2.75) is 38.1 Å². The van der Waals surface area contributed by atoms with Gasteiger partial charge in [0.15, 0.2) is 17.3 Å². The van der Waals surface area contributed by atoms with E-state index >= 15 is 0 Å². The lowest BCUT2D eigenvalue weighted by Crippen LogP contribution is -2.14. The van der Waals surface area contributed by atoms with Crippen LogP contribution in [0.2, 0.25) is 0 Å². The smallest absolute Gasteiger partial charge is 0.174 e. The molecule has 5 nitrogen and oxygen atoms in total. The molecular formula is C21H27NO4S. The van der Waals surface area contributed by atoms with E-state index in [1.165, 1.54) is 11.8 Å². The Bertz CT molecular complexity index is 815. The van der Waals surface area contributed by atoms with Crippen molar-refractivity contribution in [3.8, 4) is 11.5 Å². The van der Waals surface area contributed by atoms with Crippen LogP contribution in [0.1, 0.15) is 41.1 Å². The number of carbonyl (C=O) groups excluding carboxylic acids is 1. The molecule has 27 heavy (non-hydrogen) atoms. The normalized spacial score (nSPS) is 14.7. The average Bonchev–Trinajstić information content (AvgIpc) is 2.82. The minimum absolute atomic E-state index is 0.135. The summed E-state index contributed by atoms with van der Waals surface area (Å²) < 4.78 is 18.8. The highest BCUT2D eigenvalue weighted by Gasteiger charge is 2.19. The second kappa shape index (κ2) is 8.85. The number of hydrogen-bond acceptors (Lipinski definition) is 5. The van der Waals surface area contributed by atoms with Crippen LogP contribution in [0.15, 0.2) is 29.2 Å². The Labute approximate surface area is 165 Å². The molecule has 0 N–H and O–H groups in total. The molecule has 1 atom stereocenters. The summed E-state index contributed by atoms with van der Waals surface area (Å²) in [5.41, 5.74) is 2.87. The Morgan fingerprint density at radius 1 is 1.22 bits per heavy atom. The average molecular weight is 390 g/mol. The molecule has 1 aromatic heterocycles. The summed E-state index contributed by atoms with van der Waals surface area (Å²) in [6, 6.07) is 8.05. The van der Waals surface area contributed by atoms with Crippen molar-refractivity contribution in [2.24, 2.45) is 0 Å². The Balaban J connectivity index is 1.69. The van der Waals surface area contributed by atoms with E-state index in [-0.39, 0.29) is 11.8 Å². The maximum atomic E-state index is 12.8. The van der Waals surface area contributed by atoms with Gasteiger partial charge in [0.1, 0.15) is 0 Å². The second-order valence-electron chi connectivity index (χ2n) is 6.83. The number of aryl methyl sites for hydroxylation is 1. The van der Waals surface area contributed by atoms with Crippen molar-refractivity contribution in [2.75, 3.05) is 32.7 Å². The fourth-order valence-corrected chi connectivity index (χ4v) is 4.32. The monoisotopic (exact) mass is 389 g/mol. The highest BCUT2D eigenvalue weighted by Crippen LogP contribution is 2.34. The van der Waals surface area contributed by atoms with Crippen LogP contribution in [0.3, 0.4) is 0 Å². The van der Waals surface area contributed by atoms with Gasteiger partial charge in [-0.15, -0.1) is 11.8 Å². The fourth-order valence-electron chi connectivity index (χ4n) is 3.51. The summed E-state index contributed by atoms with van der Waals surface area (Å²) in [4.78, 5) is 13.8. The molecule has 0 spiro atoms. The summed E-state index contributed by atoms with van der Waals surface area (Å²) in [6.07, 6.45) is 0.882. The predicted molar refractivity (Wildman–Crippen MR) is 108 cm³/mol. The van der Waals surface area contributed by atoms with E-state index in [0.29, 0.717) is 25.6 Å². The van der Waals surface area contributed by atoms with E-state index in [1.807, 2.05) is 38.1 Å². The molecule has 6 heteroatoms.